The number of hydrogen-bond donors (Lipinski definition) is 1. The highest BCUT2D eigenvalue weighted by Crippen LogP contribution is 2.29. The average Bonchev–Trinajstić information content (AvgIpc) is 2.51. The van der Waals surface area contributed by atoms with Crippen molar-refractivity contribution in [1.82, 2.24) is 5.32 Å². The Hall–Kier alpha value is -1.78. The molecule has 0 spiro atoms. The third kappa shape index (κ3) is 2.57. The smallest absolute Gasteiger partial charge is 0.166 e. The number of nitrogens with one attached hydrogen (secondary N) is 1. The van der Waals surface area contributed by atoms with Crippen LogP contribution in [0.4, 0.5) is 8.78 Å². The van der Waals surface area contributed by atoms with Gasteiger partial charge in [-0.1, -0.05) is 30.3 Å². The highest BCUT2D eigenvalue weighted by atomic mass is 19.2. The lowest BCUT2D eigenvalue weighted by Crippen LogP contribution is -2.33. The summed E-state index contributed by atoms with van der Waals surface area (Å²) in [6.07, 6.45) is -0.235. The molecule has 1 atom stereocenters. The molecule has 2 aromatic carbocycles. The third-order valence-electron chi connectivity index (χ3n) is 3.43. The van der Waals surface area contributed by atoms with E-state index < -0.39 is 11.6 Å². The number of rotatable bonds is 2. The van der Waals surface area contributed by atoms with E-state index in [9.17, 15) is 8.78 Å². The van der Waals surface area contributed by atoms with Gasteiger partial charge in [0.1, 0.15) is 0 Å². The van der Waals surface area contributed by atoms with Crippen molar-refractivity contribution in [2.24, 2.45) is 0 Å². The minimum absolute atomic E-state index is 0.235. The maximum atomic E-state index is 14.0. The zero-order chi connectivity index (χ0) is 13.9. The number of hydrogen-bond acceptors (Lipinski definition) is 2. The summed E-state index contributed by atoms with van der Waals surface area (Å²) in [7, 11) is 0. The second-order valence-electron chi connectivity index (χ2n) is 4.79. The van der Waals surface area contributed by atoms with Crippen LogP contribution >= 0.6 is 0 Å². The molecule has 1 unspecified atom stereocenters. The first-order valence-corrected chi connectivity index (χ1v) is 6.62. The minimum Gasteiger partial charge on any atom is -0.371 e. The van der Waals surface area contributed by atoms with Gasteiger partial charge in [0, 0.05) is 18.7 Å². The van der Waals surface area contributed by atoms with E-state index in [0.29, 0.717) is 24.3 Å². The van der Waals surface area contributed by atoms with Crippen molar-refractivity contribution in [2.45, 2.75) is 6.10 Å². The second kappa shape index (κ2) is 5.69. The maximum Gasteiger partial charge on any atom is 0.166 e. The molecule has 1 saturated heterocycles. The van der Waals surface area contributed by atoms with Crippen molar-refractivity contribution in [3.05, 3.63) is 59.7 Å². The van der Waals surface area contributed by atoms with Gasteiger partial charge in [-0.3, -0.25) is 0 Å². The molecule has 104 valence electrons. The highest BCUT2D eigenvalue weighted by molar-refractivity contribution is 5.65. The third-order valence-corrected chi connectivity index (χ3v) is 3.43. The van der Waals surface area contributed by atoms with Crippen molar-refractivity contribution in [2.75, 3.05) is 19.7 Å². The topological polar surface area (TPSA) is 21.3 Å². The molecule has 1 fully saturated rings. The van der Waals surface area contributed by atoms with E-state index in [2.05, 4.69) is 5.32 Å². The van der Waals surface area contributed by atoms with Gasteiger partial charge in [-0.15, -0.1) is 0 Å². The molecule has 4 heteroatoms. The Morgan fingerprint density at radius 2 is 1.90 bits per heavy atom. The van der Waals surface area contributed by atoms with Crippen LogP contribution in [0.15, 0.2) is 42.5 Å². The highest BCUT2D eigenvalue weighted by Gasteiger charge is 2.20. The van der Waals surface area contributed by atoms with Crippen LogP contribution in [0.1, 0.15) is 11.7 Å². The van der Waals surface area contributed by atoms with E-state index in [4.69, 9.17) is 4.74 Å². The molecular formula is C16H15F2NO. The normalized spacial score (nSPS) is 19.0. The zero-order valence-electron chi connectivity index (χ0n) is 10.9. The summed E-state index contributed by atoms with van der Waals surface area (Å²) in [5.41, 5.74) is 1.60. The molecule has 0 saturated carbocycles. The largest absolute Gasteiger partial charge is 0.371 e. The Kier molecular flexibility index (Phi) is 3.76. The lowest BCUT2D eigenvalue weighted by molar-refractivity contribution is 0.0275. The molecule has 20 heavy (non-hydrogen) atoms. The second-order valence-corrected chi connectivity index (χ2v) is 4.79. The van der Waals surface area contributed by atoms with Crippen molar-refractivity contribution >= 4 is 0 Å². The maximum absolute atomic E-state index is 14.0. The predicted octanol–water partition coefficient (Wildman–Crippen LogP) is 3.29. The summed E-state index contributed by atoms with van der Waals surface area (Å²) in [6, 6.07) is 11.9. The fourth-order valence-corrected chi connectivity index (χ4v) is 2.40. The summed E-state index contributed by atoms with van der Waals surface area (Å²) in [4.78, 5) is 0. The van der Waals surface area contributed by atoms with E-state index in [1.54, 1.807) is 30.3 Å². The molecule has 1 N–H and O–H groups in total. The Labute approximate surface area is 116 Å². The Morgan fingerprint density at radius 1 is 1.10 bits per heavy atom. The lowest BCUT2D eigenvalue weighted by atomic mass is 9.99. The van der Waals surface area contributed by atoms with Gasteiger partial charge in [0.2, 0.25) is 0 Å². The van der Waals surface area contributed by atoms with Gasteiger partial charge in [-0.05, 0) is 23.3 Å². The minimum atomic E-state index is -0.837. The quantitative estimate of drug-likeness (QED) is 0.908. The molecule has 0 aromatic heterocycles. The van der Waals surface area contributed by atoms with E-state index in [1.165, 1.54) is 6.07 Å². The molecule has 0 bridgehead atoms. The van der Waals surface area contributed by atoms with Crippen molar-refractivity contribution in [3.8, 4) is 11.1 Å². The fourth-order valence-electron chi connectivity index (χ4n) is 2.40. The summed E-state index contributed by atoms with van der Waals surface area (Å²) in [5.74, 6) is -1.65. The van der Waals surface area contributed by atoms with Gasteiger partial charge in [-0.2, -0.15) is 0 Å². The van der Waals surface area contributed by atoms with Crippen LogP contribution in [0.3, 0.4) is 0 Å². The van der Waals surface area contributed by atoms with Gasteiger partial charge in [0.25, 0.3) is 0 Å². The summed E-state index contributed by atoms with van der Waals surface area (Å²) in [6.45, 7) is 1.97. The van der Waals surface area contributed by atoms with E-state index in [1.807, 2.05) is 6.07 Å². The Balaban J connectivity index is 2.03. The average molecular weight is 275 g/mol. The molecule has 1 aliphatic rings. The van der Waals surface area contributed by atoms with E-state index in [0.717, 1.165) is 6.54 Å². The Bertz CT molecular complexity index is 595. The summed E-state index contributed by atoms with van der Waals surface area (Å²) >= 11 is 0. The molecule has 1 heterocycles. The van der Waals surface area contributed by atoms with Gasteiger partial charge in [0.15, 0.2) is 11.6 Å². The van der Waals surface area contributed by atoms with Gasteiger partial charge in [0.05, 0.1) is 12.7 Å². The summed E-state index contributed by atoms with van der Waals surface area (Å²) < 4.78 is 33.4. The number of morpholine rings is 1. The molecule has 0 aliphatic carbocycles. The monoisotopic (exact) mass is 275 g/mol. The van der Waals surface area contributed by atoms with E-state index >= 15 is 0 Å². The first-order valence-electron chi connectivity index (χ1n) is 6.62. The fraction of sp³-hybridized carbons (Fsp3) is 0.250. The van der Waals surface area contributed by atoms with Crippen molar-refractivity contribution in [3.63, 3.8) is 0 Å². The van der Waals surface area contributed by atoms with Gasteiger partial charge < -0.3 is 10.1 Å². The van der Waals surface area contributed by atoms with Crippen LogP contribution in [0.25, 0.3) is 11.1 Å². The van der Waals surface area contributed by atoms with E-state index in [-0.39, 0.29) is 11.7 Å². The van der Waals surface area contributed by atoms with Crippen LogP contribution in [0.5, 0.6) is 0 Å². The van der Waals surface area contributed by atoms with Crippen LogP contribution < -0.4 is 5.32 Å². The number of benzene rings is 2. The van der Waals surface area contributed by atoms with Crippen LogP contribution in [0.2, 0.25) is 0 Å². The van der Waals surface area contributed by atoms with Gasteiger partial charge in [-0.25, -0.2) is 8.78 Å². The predicted molar refractivity (Wildman–Crippen MR) is 73.4 cm³/mol. The molecule has 2 aromatic rings. The van der Waals surface area contributed by atoms with Gasteiger partial charge >= 0.3 is 0 Å². The number of halogens is 2. The van der Waals surface area contributed by atoms with Crippen LogP contribution in [-0.4, -0.2) is 19.7 Å². The molecule has 0 radical (unpaired) electrons. The molecule has 3 rings (SSSR count). The van der Waals surface area contributed by atoms with Crippen molar-refractivity contribution < 1.29 is 13.5 Å². The first kappa shape index (κ1) is 13.2. The van der Waals surface area contributed by atoms with Crippen molar-refractivity contribution in [1.29, 1.82) is 0 Å². The summed E-state index contributed by atoms with van der Waals surface area (Å²) in [5, 5.41) is 3.19. The molecule has 0 amide bonds. The zero-order valence-corrected chi connectivity index (χ0v) is 10.9. The standard InChI is InChI=1S/C16H15F2NO/c17-14-9-12(15-10-19-6-7-20-15)8-13(16(14)18)11-4-2-1-3-5-11/h1-5,8-9,15,19H,6-7,10H2. The SMILES string of the molecule is Fc1cc(C2CNCCO2)cc(-c2ccccc2)c1F. The molecule has 2 nitrogen and oxygen atoms in total. The number of ether oxygens (including phenoxy) is 1. The first-order chi connectivity index (χ1) is 9.75. The molecule has 1 aliphatic heterocycles. The lowest BCUT2D eigenvalue weighted by Gasteiger charge is -2.24. The van der Waals surface area contributed by atoms with Crippen LogP contribution in [-0.2, 0) is 4.74 Å². The van der Waals surface area contributed by atoms with Crippen LogP contribution in [0, 0.1) is 11.6 Å². The molecular weight excluding hydrogens is 260 g/mol. The Morgan fingerprint density at radius 3 is 2.60 bits per heavy atom.